The number of sulfone groups is 1. The second-order valence-corrected chi connectivity index (χ2v) is 10.9. The van der Waals surface area contributed by atoms with Crippen LogP contribution >= 0.6 is 0 Å². The molecule has 4 rings (SSSR count). The Hall–Kier alpha value is -3.13. The van der Waals surface area contributed by atoms with Gasteiger partial charge in [0.15, 0.2) is 21.0 Å². The Morgan fingerprint density at radius 1 is 1.09 bits per heavy atom. The summed E-state index contributed by atoms with van der Waals surface area (Å²) < 4.78 is 35.8. The molecule has 0 bridgehead atoms. The molecule has 1 amide bonds. The van der Waals surface area contributed by atoms with Crippen LogP contribution in [0, 0.1) is 0 Å². The van der Waals surface area contributed by atoms with E-state index in [1.807, 2.05) is 44.2 Å². The van der Waals surface area contributed by atoms with Crippen molar-refractivity contribution in [2.75, 3.05) is 18.1 Å². The molecule has 8 heteroatoms. The topological polar surface area (TPSA) is 93.9 Å². The molecule has 0 N–H and O–H groups in total. The third-order valence-corrected chi connectivity index (χ3v) is 7.82. The van der Waals surface area contributed by atoms with Gasteiger partial charge in [0, 0.05) is 18.7 Å². The summed E-state index contributed by atoms with van der Waals surface area (Å²) in [6.07, 6.45) is 2.03. The number of ether oxygens (including phenoxy) is 1. The summed E-state index contributed by atoms with van der Waals surface area (Å²) >= 11 is 0. The Kier molecular flexibility index (Phi) is 7.07. The average Bonchev–Trinajstić information content (AvgIpc) is 3.20. The highest BCUT2D eigenvalue weighted by molar-refractivity contribution is 7.91. The molecule has 2 aromatic carbocycles. The average molecular weight is 484 g/mol. The van der Waals surface area contributed by atoms with Crippen molar-refractivity contribution in [3.8, 4) is 5.75 Å². The number of amides is 1. The first kappa shape index (κ1) is 24.0. The summed E-state index contributed by atoms with van der Waals surface area (Å²) in [5.41, 5.74) is 1.88. The fourth-order valence-electron chi connectivity index (χ4n) is 4.17. The standard InChI is InChI=1S/C26H29NO6S/c1-3-12-32-21-8-5-19(6-9-21)16-27(20-11-13-34(30,31)17-20)26(29)25-15-23(28)22-14-18(4-2)7-10-24(22)33-25/h5-10,14-15,20H,3-4,11-13,16-17H2,1-2H3. The summed E-state index contributed by atoms with van der Waals surface area (Å²) in [4.78, 5) is 27.8. The molecule has 0 aliphatic carbocycles. The molecule has 1 aromatic heterocycles. The molecular weight excluding hydrogens is 454 g/mol. The molecule has 3 aromatic rings. The Morgan fingerprint density at radius 2 is 1.82 bits per heavy atom. The van der Waals surface area contributed by atoms with E-state index in [0.717, 1.165) is 29.7 Å². The zero-order valence-corrected chi connectivity index (χ0v) is 20.3. The SMILES string of the molecule is CCCOc1ccc(CN(C(=O)c2cc(=O)c3cc(CC)ccc3o2)C2CCS(=O)(=O)C2)cc1. The Bertz CT molecular complexity index is 1340. The number of fused-ring (bicyclic) bond motifs is 1. The minimum atomic E-state index is -3.22. The van der Waals surface area contributed by atoms with Crippen LogP contribution in [-0.4, -0.2) is 43.4 Å². The van der Waals surface area contributed by atoms with Gasteiger partial charge in [0.1, 0.15) is 11.3 Å². The van der Waals surface area contributed by atoms with E-state index < -0.39 is 21.8 Å². The summed E-state index contributed by atoms with van der Waals surface area (Å²) in [6, 6.07) is 13.4. The molecule has 180 valence electrons. The molecule has 0 saturated carbocycles. The molecule has 1 fully saturated rings. The van der Waals surface area contributed by atoms with Gasteiger partial charge >= 0.3 is 0 Å². The molecule has 2 heterocycles. The summed E-state index contributed by atoms with van der Waals surface area (Å²) in [6.45, 7) is 4.84. The molecule has 1 saturated heterocycles. The van der Waals surface area contributed by atoms with E-state index in [2.05, 4.69) is 0 Å². The van der Waals surface area contributed by atoms with Crippen molar-refractivity contribution in [2.24, 2.45) is 0 Å². The molecule has 0 spiro atoms. The van der Waals surface area contributed by atoms with Crippen molar-refractivity contribution in [3.63, 3.8) is 0 Å². The van der Waals surface area contributed by atoms with Crippen molar-refractivity contribution in [1.29, 1.82) is 0 Å². The number of carbonyl (C=O) groups excluding carboxylic acids is 1. The first-order valence-electron chi connectivity index (χ1n) is 11.6. The zero-order chi connectivity index (χ0) is 24.3. The summed E-state index contributed by atoms with van der Waals surface area (Å²) in [5.74, 6) is 0.0840. The molecule has 7 nitrogen and oxygen atoms in total. The van der Waals surface area contributed by atoms with E-state index in [0.29, 0.717) is 24.0 Å². The van der Waals surface area contributed by atoms with Gasteiger partial charge in [-0.1, -0.05) is 32.0 Å². The monoisotopic (exact) mass is 483 g/mol. The lowest BCUT2D eigenvalue weighted by atomic mass is 10.1. The van der Waals surface area contributed by atoms with Gasteiger partial charge in [-0.3, -0.25) is 9.59 Å². The van der Waals surface area contributed by atoms with Crippen LogP contribution in [0.15, 0.2) is 57.7 Å². The van der Waals surface area contributed by atoms with Crippen LogP contribution in [0.2, 0.25) is 0 Å². The normalized spacial score (nSPS) is 17.1. The number of hydrogen-bond donors (Lipinski definition) is 0. The maximum absolute atomic E-state index is 13.5. The third kappa shape index (κ3) is 5.33. The summed E-state index contributed by atoms with van der Waals surface area (Å²) in [5, 5.41) is 0.425. The number of nitrogens with zero attached hydrogens (tertiary/aromatic N) is 1. The zero-order valence-electron chi connectivity index (χ0n) is 19.5. The lowest BCUT2D eigenvalue weighted by Crippen LogP contribution is -2.40. The number of carbonyl (C=O) groups is 1. The predicted molar refractivity (Wildman–Crippen MR) is 131 cm³/mol. The molecule has 1 atom stereocenters. The first-order valence-corrected chi connectivity index (χ1v) is 13.4. The first-order chi connectivity index (χ1) is 16.3. The fraction of sp³-hybridized carbons (Fsp3) is 0.385. The highest BCUT2D eigenvalue weighted by Gasteiger charge is 2.36. The van der Waals surface area contributed by atoms with Gasteiger partial charge in [-0.15, -0.1) is 0 Å². The molecule has 34 heavy (non-hydrogen) atoms. The van der Waals surface area contributed by atoms with Crippen molar-refractivity contribution >= 4 is 26.7 Å². The van der Waals surface area contributed by atoms with Crippen LogP contribution in [0.4, 0.5) is 0 Å². The maximum Gasteiger partial charge on any atom is 0.290 e. The van der Waals surface area contributed by atoms with E-state index in [-0.39, 0.29) is 29.2 Å². The summed E-state index contributed by atoms with van der Waals surface area (Å²) in [7, 11) is -3.22. The van der Waals surface area contributed by atoms with Crippen molar-refractivity contribution < 1.29 is 22.4 Å². The number of aryl methyl sites for hydroxylation is 1. The highest BCUT2D eigenvalue weighted by Crippen LogP contribution is 2.24. The van der Waals surface area contributed by atoms with Gasteiger partial charge in [0.2, 0.25) is 0 Å². The van der Waals surface area contributed by atoms with Gasteiger partial charge in [-0.2, -0.15) is 0 Å². The number of hydrogen-bond acceptors (Lipinski definition) is 6. The van der Waals surface area contributed by atoms with Crippen LogP contribution in [0.25, 0.3) is 11.0 Å². The minimum Gasteiger partial charge on any atom is -0.494 e. The largest absolute Gasteiger partial charge is 0.494 e. The van der Waals surface area contributed by atoms with Gasteiger partial charge in [-0.05, 0) is 54.7 Å². The lowest BCUT2D eigenvalue weighted by molar-refractivity contribution is 0.0648. The second-order valence-electron chi connectivity index (χ2n) is 8.64. The Balaban J connectivity index is 1.66. The second kappa shape index (κ2) is 10.0. The Labute approximate surface area is 199 Å². The van der Waals surface area contributed by atoms with Crippen molar-refractivity contribution in [2.45, 2.75) is 45.7 Å². The van der Waals surface area contributed by atoms with Gasteiger partial charge < -0.3 is 14.1 Å². The molecule has 1 aliphatic heterocycles. The van der Waals surface area contributed by atoms with E-state index in [1.54, 1.807) is 12.1 Å². The minimum absolute atomic E-state index is 0.0344. The predicted octanol–water partition coefficient (Wildman–Crippen LogP) is 3.97. The molecule has 0 radical (unpaired) electrons. The van der Waals surface area contributed by atoms with E-state index in [1.165, 1.54) is 11.0 Å². The van der Waals surface area contributed by atoms with Crippen LogP contribution < -0.4 is 10.2 Å². The van der Waals surface area contributed by atoms with E-state index >= 15 is 0 Å². The van der Waals surface area contributed by atoms with E-state index in [4.69, 9.17) is 9.15 Å². The number of rotatable bonds is 8. The van der Waals surface area contributed by atoms with Crippen LogP contribution in [0.3, 0.4) is 0 Å². The van der Waals surface area contributed by atoms with Crippen LogP contribution in [0.1, 0.15) is 48.4 Å². The molecule has 1 aliphatic rings. The van der Waals surface area contributed by atoms with Crippen LogP contribution in [-0.2, 0) is 22.8 Å². The van der Waals surface area contributed by atoms with Gasteiger partial charge in [0.05, 0.1) is 23.5 Å². The van der Waals surface area contributed by atoms with Crippen molar-refractivity contribution in [3.05, 3.63) is 75.6 Å². The van der Waals surface area contributed by atoms with Crippen LogP contribution in [0.5, 0.6) is 5.75 Å². The smallest absolute Gasteiger partial charge is 0.290 e. The van der Waals surface area contributed by atoms with Crippen molar-refractivity contribution in [1.82, 2.24) is 4.90 Å². The number of benzene rings is 2. The maximum atomic E-state index is 13.5. The quantitative estimate of drug-likeness (QED) is 0.481. The van der Waals surface area contributed by atoms with E-state index in [9.17, 15) is 18.0 Å². The lowest BCUT2D eigenvalue weighted by Gasteiger charge is -2.28. The van der Waals surface area contributed by atoms with Gasteiger partial charge in [-0.25, -0.2) is 8.42 Å². The fourth-order valence-corrected chi connectivity index (χ4v) is 5.90. The van der Waals surface area contributed by atoms with Gasteiger partial charge in [0.25, 0.3) is 5.91 Å². The Morgan fingerprint density at radius 3 is 2.47 bits per heavy atom. The molecule has 1 unspecified atom stereocenters. The molecular formula is C26H29NO6S. The third-order valence-electron chi connectivity index (χ3n) is 6.07. The highest BCUT2D eigenvalue weighted by atomic mass is 32.2.